The van der Waals surface area contributed by atoms with E-state index in [4.69, 9.17) is 14.2 Å². The fourth-order valence-corrected chi connectivity index (χ4v) is 2.65. The summed E-state index contributed by atoms with van der Waals surface area (Å²) in [6, 6.07) is 5.04. The van der Waals surface area contributed by atoms with E-state index >= 15 is 0 Å². The number of hydrogen-bond acceptors (Lipinski definition) is 6. The fraction of sp³-hybridized carbons (Fsp3) is 0.588. The van der Waals surface area contributed by atoms with Gasteiger partial charge in [0.05, 0.1) is 19.8 Å². The van der Waals surface area contributed by atoms with Crippen molar-refractivity contribution in [1.29, 1.82) is 0 Å². The van der Waals surface area contributed by atoms with Gasteiger partial charge in [-0.3, -0.25) is 4.90 Å². The third kappa shape index (κ3) is 5.54. The van der Waals surface area contributed by atoms with Crippen LogP contribution in [0, 0.1) is 0 Å². The number of carbonyl (C=O) groups excluding carboxylic acids is 1. The smallest absolute Gasteiger partial charge is 0.338 e. The molecule has 0 saturated carbocycles. The van der Waals surface area contributed by atoms with Crippen molar-refractivity contribution in [2.45, 2.75) is 13.0 Å². The molecule has 0 amide bonds. The van der Waals surface area contributed by atoms with Gasteiger partial charge in [0.15, 0.2) is 11.5 Å². The van der Waals surface area contributed by atoms with Gasteiger partial charge in [-0.05, 0) is 32.2 Å². The Bertz CT molecular complexity index is 533. The predicted molar refractivity (Wildman–Crippen MR) is 88.4 cm³/mol. The standard InChI is InChI=1S/C17H26N2O4.ClH/c1-13(12-19-9-7-18(2)8-10-19)23-17(20)14-5-6-15(21-3)16(11-14)22-4;/h5-6,11,13H,7-10,12H2,1-4H3;1H/p-1. The number of halogens is 1. The first kappa shape index (κ1) is 20.5. The highest BCUT2D eigenvalue weighted by atomic mass is 35.5. The van der Waals surface area contributed by atoms with Crippen LogP contribution in [0.3, 0.4) is 0 Å². The topological polar surface area (TPSA) is 51.2 Å². The van der Waals surface area contributed by atoms with Crippen LogP contribution in [0.5, 0.6) is 11.5 Å². The van der Waals surface area contributed by atoms with Crippen molar-refractivity contribution in [2.75, 3.05) is 54.0 Å². The van der Waals surface area contributed by atoms with Crippen LogP contribution in [0.15, 0.2) is 18.2 Å². The third-order valence-corrected chi connectivity index (χ3v) is 4.04. The highest BCUT2D eigenvalue weighted by Crippen LogP contribution is 2.27. The fourth-order valence-electron chi connectivity index (χ4n) is 2.65. The van der Waals surface area contributed by atoms with Gasteiger partial charge in [-0.25, -0.2) is 4.79 Å². The summed E-state index contributed by atoms with van der Waals surface area (Å²) >= 11 is 0. The van der Waals surface area contributed by atoms with Crippen LogP contribution in [-0.4, -0.2) is 75.9 Å². The molecular formula is C17H26ClN2O4-. The Morgan fingerprint density at radius 2 is 1.75 bits per heavy atom. The molecule has 1 heterocycles. The maximum absolute atomic E-state index is 12.3. The second kappa shape index (κ2) is 9.71. The Morgan fingerprint density at radius 3 is 2.33 bits per heavy atom. The van der Waals surface area contributed by atoms with E-state index in [1.165, 1.54) is 0 Å². The van der Waals surface area contributed by atoms with Crippen LogP contribution in [0.4, 0.5) is 0 Å². The average Bonchev–Trinajstić information content (AvgIpc) is 2.56. The zero-order valence-electron chi connectivity index (χ0n) is 14.8. The van der Waals surface area contributed by atoms with E-state index in [0.29, 0.717) is 17.1 Å². The van der Waals surface area contributed by atoms with E-state index in [9.17, 15) is 4.79 Å². The number of ether oxygens (including phenoxy) is 3. The lowest BCUT2D eigenvalue weighted by molar-refractivity contribution is -0.0000479. The molecule has 1 saturated heterocycles. The second-order valence-corrected chi connectivity index (χ2v) is 5.89. The van der Waals surface area contributed by atoms with Crippen LogP contribution in [0.1, 0.15) is 17.3 Å². The summed E-state index contributed by atoms with van der Waals surface area (Å²) in [7, 11) is 5.23. The number of benzene rings is 1. The molecule has 0 aromatic heterocycles. The van der Waals surface area contributed by atoms with Crippen LogP contribution >= 0.6 is 0 Å². The maximum Gasteiger partial charge on any atom is 0.338 e. The van der Waals surface area contributed by atoms with Crippen molar-refractivity contribution < 1.29 is 31.4 Å². The molecule has 1 aromatic carbocycles. The van der Waals surface area contributed by atoms with Crippen LogP contribution < -0.4 is 21.9 Å². The Labute approximate surface area is 150 Å². The molecule has 0 bridgehead atoms. The summed E-state index contributed by atoms with van der Waals surface area (Å²) in [6.07, 6.45) is -0.154. The summed E-state index contributed by atoms with van der Waals surface area (Å²) < 4.78 is 15.9. The first-order valence-electron chi connectivity index (χ1n) is 7.87. The van der Waals surface area contributed by atoms with Gasteiger partial charge in [-0.1, -0.05) is 0 Å². The molecule has 2 rings (SSSR count). The summed E-state index contributed by atoms with van der Waals surface area (Å²) in [5.41, 5.74) is 0.466. The van der Waals surface area contributed by atoms with Gasteiger partial charge in [0, 0.05) is 32.7 Å². The van der Waals surface area contributed by atoms with E-state index in [1.54, 1.807) is 32.4 Å². The monoisotopic (exact) mass is 357 g/mol. The number of methoxy groups -OCH3 is 2. The number of piperazine rings is 1. The molecular weight excluding hydrogens is 332 g/mol. The van der Waals surface area contributed by atoms with E-state index in [2.05, 4.69) is 16.8 Å². The molecule has 6 nitrogen and oxygen atoms in total. The van der Waals surface area contributed by atoms with Gasteiger partial charge >= 0.3 is 5.97 Å². The quantitative estimate of drug-likeness (QED) is 0.578. The van der Waals surface area contributed by atoms with Crippen LogP contribution in [0.2, 0.25) is 0 Å². The summed E-state index contributed by atoms with van der Waals surface area (Å²) in [5.74, 6) is 0.774. The van der Waals surface area contributed by atoms with Gasteiger partial charge in [-0.2, -0.15) is 0 Å². The van der Waals surface area contributed by atoms with Gasteiger partial charge in [0.1, 0.15) is 6.10 Å². The number of esters is 1. The molecule has 1 aromatic rings. The number of likely N-dealkylation sites (N-methyl/N-ethyl adjacent to an activating group) is 1. The molecule has 1 unspecified atom stereocenters. The molecule has 1 aliphatic heterocycles. The highest BCUT2D eigenvalue weighted by molar-refractivity contribution is 5.90. The molecule has 1 atom stereocenters. The molecule has 136 valence electrons. The first-order valence-corrected chi connectivity index (χ1v) is 7.87. The van der Waals surface area contributed by atoms with Crippen molar-refractivity contribution in [3.05, 3.63) is 23.8 Å². The Balaban J connectivity index is 0.00000288. The van der Waals surface area contributed by atoms with Crippen molar-refractivity contribution in [3.63, 3.8) is 0 Å². The Hall–Kier alpha value is -1.50. The van der Waals surface area contributed by atoms with Crippen molar-refractivity contribution in [3.8, 4) is 11.5 Å². The molecule has 0 radical (unpaired) electrons. The minimum atomic E-state index is -0.340. The summed E-state index contributed by atoms with van der Waals surface area (Å²) in [6.45, 7) is 6.81. The molecule has 7 heteroatoms. The van der Waals surface area contributed by atoms with E-state index in [-0.39, 0.29) is 24.5 Å². The van der Waals surface area contributed by atoms with E-state index < -0.39 is 0 Å². The minimum Gasteiger partial charge on any atom is -1.00 e. The lowest BCUT2D eigenvalue weighted by Gasteiger charge is -2.33. The predicted octanol–water partition coefficient (Wildman–Crippen LogP) is -1.50. The van der Waals surface area contributed by atoms with Gasteiger partial charge < -0.3 is 31.5 Å². The minimum absolute atomic E-state index is 0. The summed E-state index contributed by atoms with van der Waals surface area (Å²) in [4.78, 5) is 16.9. The molecule has 24 heavy (non-hydrogen) atoms. The van der Waals surface area contributed by atoms with E-state index in [0.717, 1.165) is 32.7 Å². The Morgan fingerprint density at radius 1 is 1.12 bits per heavy atom. The zero-order valence-corrected chi connectivity index (χ0v) is 15.5. The average molecular weight is 358 g/mol. The normalized spacial score (nSPS) is 16.8. The van der Waals surface area contributed by atoms with Gasteiger partial charge in [0.25, 0.3) is 0 Å². The molecule has 1 fully saturated rings. The molecule has 1 aliphatic rings. The lowest BCUT2D eigenvalue weighted by atomic mass is 10.2. The molecule has 0 N–H and O–H groups in total. The zero-order chi connectivity index (χ0) is 16.8. The van der Waals surface area contributed by atoms with Crippen LogP contribution in [0.25, 0.3) is 0 Å². The summed E-state index contributed by atoms with van der Waals surface area (Å²) in [5, 5.41) is 0. The number of hydrogen-bond donors (Lipinski definition) is 0. The van der Waals surface area contributed by atoms with Crippen molar-refractivity contribution in [2.24, 2.45) is 0 Å². The SMILES string of the molecule is COc1ccc(C(=O)OC(C)CN2CCN(C)CC2)cc1OC.[Cl-]. The molecule has 0 aliphatic carbocycles. The van der Waals surface area contributed by atoms with Crippen molar-refractivity contribution in [1.82, 2.24) is 9.80 Å². The molecule has 0 spiro atoms. The highest BCUT2D eigenvalue weighted by Gasteiger charge is 2.19. The number of carbonyl (C=O) groups is 1. The van der Waals surface area contributed by atoms with Crippen LogP contribution in [-0.2, 0) is 4.74 Å². The largest absolute Gasteiger partial charge is 1.00 e. The number of rotatable bonds is 6. The second-order valence-electron chi connectivity index (χ2n) is 5.89. The Kier molecular flexibility index (Phi) is 8.31. The first-order chi connectivity index (χ1) is 11.0. The number of nitrogens with zero attached hydrogens (tertiary/aromatic N) is 2. The van der Waals surface area contributed by atoms with E-state index in [1.807, 2.05) is 6.92 Å². The van der Waals surface area contributed by atoms with Gasteiger partial charge in [0.2, 0.25) is 0 Å². The lowest BCUT2D eigenvalue weighted by Crippen LogP contribution is -3.00. The van der Waals surface area contributed by atoms with Crippen molar-refractivity contribution >= 4 is 5.97 Å². The third-order valence-electron chi connectivity index (χ3n) is 4.04. The van der Waals surface area contributed by atoms with Gasteiger partial charge in [-0.15, -0.1) is 0 Å². The maximum atomic E-state index is 12.3.